The van der Waals surface area contributed by atoms with Crippen LogP contribution >= 0.6 is 0 Å². The average molecular weight is 389 g/mol. The van der Waals surface area contributed by atoms with Gasteiger partial charge in [0.25, 0.3) is 11.8 Å². The molecule has 1 aromatic rings. The number of hydrogen-bond donors (Lipinski definition) is 1. The Balaban J connectivity index is 1.98. The summed E-state index contributed by atoms with van der Waals surface area (Å²) >= 11 is 0. The van der Waals surface area contributed by atoms with Gasteiger partial charge in [-0.05, 0) is 38.0 Å². The Labute approximate surface area is 164 Å². The van der Waals surface area contributed by atoms with Crippen LogP contribution in [0.3, 0.4) is 0 Å². The van der Waals surface area contributed by atoms with Crippen molar-refractivity contribution in [1.29, 1.82) is 0 Å². The highest BCUT2D eigenvalue weighted by Gasteiger charge is 2.28. The van der Waals surface area contributed by atoms with Crippen LogP contribution in [0.5, 0.6) is 0 Å². The third-order valence-corrected chi connectivity index (χ3v) is 5.09. The molecule has 1 aromatic carbocycles. The van der Waals surface area contributed by atoms with Crippen molar-refractivity contribution in [3.05, 3.63) is 35.4 Å². The van der Waals surface area contributed by atoms with Gasteiger partial charge in [-0.1, -0.05) is 6.07 Å². The SMILES string of the molecule is CCN(C)C(=O)c1cccc(C(=O)N(C)CC(=O)N2CCC(C(=O)O)CC2)c1. The first-order valence-corrected chi connectivity index (χ1v) is 9.36. The second-order valence-corrected chi connectivity index (χ2v) is 7.05. The first-order chi connectivity index (χ1) is 13.2. The predicted molar refractivity (Wildman–Crippen MR) is 103 cm³/mol. The number of carbonyl (C=O) groups is 4. The number of likely N-dealkylation sites (tertiary alicyclic amines) is 1. The zero-order valence-electron chi connectivity index (χ0n) is 16.6. The molecule has 0 bridgehead atoms. The van der Waals surface area contributed by atoms with Crippen molar-refractivity contribution >= 4 is 23.7 Å². The van der Waals surface area contributed by atoms with Gasteiger partial charge in [0.15, 0.2) is 0 Å². The highest BCUT2D eigenvalue weighted by atomic mass is 16.4. The maximum absolute atomic E-state index is 12.7. The molecule has 1 saturated heterocycles. The van der Waals surface area contributed by atoms with E-state index in [1.165, 1.54) is 18.0 Å². The van der Waals surface area contributed by atoms with Gasteiger partial charge in [-0.25, -0.2) is 0 Å². The van der Waals surface area contributed by atoms with E-state index in [1.54, 1.807) is 35.0 Å². The third kappa shape index (κ3) is 5.09. The van der Waals surface area contributed by atoms with Crippen molar-refractivity contribution in [3.8, 4) is 0 Å². The Morgan fingerprint density at radius 1 is 1.04 bits per heavy atom. The van der Waals surface area contributed by atoms with E-state index in [1.807, 2.05) is 6.92 Å². The van der Waals surface area contributed by atoms with Gasteiger partial charge in [-0.3, -0.25) is 19.2 Å². The predicted octanol–water partition coefficient (Wildman–Crippen LogP) is 1.17. The average Bonchev–Trinajstić information content (AvgIpc) is 2.71. The first kappa shape index (κ1) is 21.4. The lowest BCUT2D eigenvalue weighted by atomic mass is 9.97. The summed E-state index contributed by atoms with van der Waals surface area (Å²) in [6, 6.07) is 6.46. The number of amides is 3. The molecule has 0 saturated carbocycles. The molecule has 152 valence electrons. The minimum absolute atomic E-state index is 0.0936. The minimum atomic E-state index is -0.831. The van der Waals surface area contributed by atoms with Crippen LogP contribution in [0.4, 0.5) is 0 Å². The highest BCUT2D eigenvalue weighted by Crippen LogP contribution is 2.17. The van der Waals surface area contributed by atoms with Crippen molar-refractivity contribution in [3.63, 3.8) is 0 Å². The van der Waals surface area contributed by atoms with E-state index in [2.05, 4.69) is 0 Å². The van der Waals surface area contributed by atoms with Gasteiger partial charge in [-0.2, -0.15) is 0 Å². The normalized spacial score (nSPS) is 14.5. The fraction of sp³-hybridized carbons (Fsp3) is 0.500. The van der Waals surface area contributed by atoms with Gasteiger partial charge in [-0.15, -0.1) is 0 Å². The molecule has 1 N–H and O–H groups in total. The third-order valence-electron chi connectivity index (χ3n) is 5.09. The largest absolute Gasteiger partial charge is 0.481 e. The molecule has 0 aromatic heterocycles. The number of likely N-dealkylation sites (N-methyl/N-ethyl adjacent to an activating group) is 1. The van der Waals surface area contributed by atoms with Crippen LogP contribution in [0.25, 0.3) is 0 Å². The summed E-state index contributed by atoms with van der Waals surface area (Å²) in [6.07, 6.45) is 0.849. The van der Waals surface area contributed by atoms with Crippen LogP contribution in [0, 0.1) is 5.92 Å². The van der Waals surface area contributed by atoms with Crippen LogP contribution in [-0.2, 0) is 9.59 Å². The van der Waals surface area contributed by atoms with Gasteiger partial charge < -0.3 is 19.8 Å². The molecule has 0 spiro atoms. The number of benzene rings is 1. The lowest BCUT2D eigenvalue weighted by molar-refractivity contribution is -0.145. The number of nitrogens with zero attached hydrogens (tertiary/aromatic N) is 3. The molecule has 1 fully saturated rings. The summed E-state index contributed by atoms with van der Waals surface area (Å²) in [4.78, 5) is 52.9. The topological polar surface area (TPSA) is 98.2 Å². The van der Waals surface area contributed by atoms with Crippen LogP contribution in [-0.4, -0.2) is 83.8 Å². The van der Waals surface area contributed by atoms with Crippen molar-refractivity contribution in [2.75, 3.05) is 40.3 Å². The van der Waals surface area contributed by atoms with Crippen molar-refractivity contribution in [1.82, 2.24) is 14.7 Å². The van der Waals surface area contributed by atoms with Crippen molar-refractivity contribution in [2.45, 2.75) is 19.8 Å². The van der Waals surface area contributed by atoms with Gasteiger partial charge in [0.2, 0.25) is 5.91 Å². The molecule has 0 unspecified atom stereocenters. The molecule has 1 heterocycles. The summed E-state index contributed by atoms with van der Waals surface area (Å²) in [6.45, 7) is 3.09. The fourth-order valence-electron chi connectivity index (χ4n) is 3.12. The molecule has 1 aliphatic rings. The van der Waals surface area contributed by atoms with E-state index in [-0.39, 0.29) is 24.3 Å². The lowest BCUT2D eigenvalue weighted by Gasteiger charge is -2.31. The standard InChI is InChI=1S/C20H27N3O5/c1-4-21(2)18(25)15-6-5-7-16(12-15)19(26)22(3)13-17(24)23-10-8-14(9-11-23)20(27)28/h5-7,12,14H,4,8-11,13H2,1-3H3,(H,27,28). The van der Waals surface area contributed by atoms with Crippen LogP contribution in [0.1, 0.15) is 40.5 Å². The number of rotatable bonds is 6. The van der Waals surface area contributed by atoms with E-state index in [0.29, 0.717) is 43.6 Å². The van der Waals surface area contributed by atoms with Gasteiger partial charge in [0.1, 0.15) is 0 Å². The summed E-state index contributed by atoms with van der Waals surface area (Å²) < 4.78 is 0. The summed E-state index contributed by atoms with van der Waals surface area (Å²) in [5, 5.41) is 9.04. The van der Waals surface area contributed by atoms with Crippen LogP contribution in [0.15, 0.2) is 24.3 Å². The molecule has 0 radical (unpaired) electrons. The summed E-state index contributed by atoms with van der Waals surface area (Å²) in [5.41, 5.74) is 0.765. The molecule has 8 heteroatoms. The molecule has 3 amide bonds. The Morgan fingerprint density at radius 3 is 2.07 bits per heavy atom. The zero-order valence-corrected chi connectivity index (χ0v) is 16.6. The van der Waals surface area contributed by atoms with E-state index < -0.39 is 11.9 Å². The smallest absolute Gasteiger partial charge is 0.306 e. The Kier molecular flexibility index (Phi) is 7.14. The van der Waals surface area contributed by atoms with E-state index in [0.717, 1.165) is 0 Å². The first-order valence-electron chi connectivity index (χ1n) is 9.36. The van der Waals surface area contributed by atoms with Crippen LogP contribution in [0.2, 0.25) is 0 Å². The minimum Gasteiger partial charge on any atom is -0.481 e. The number of carboxylic acids is 1. The second kappa shape index (κ2) is 9.34. The monoisotopic (exact) mass is 389 g/mol. The number of aliphatic carboxylic acids is 1. The summed E-state index contributed by atoms with van der Waals surface area (Å²) in [7, 11) is 3.23. The summed E-state index contributed by atoms with van der Waals surface area (Å²) in [5.74, 6) is -1.97. The molecule has 0 atom stereocenters. The Morgan fingerprint density at radius 2 is 1.57 bits per heavy atom. The van der Waals surface area contributed by atoms with Gasteiger partial charge in [0.05, 0.1) is 12.5 Å². The van der Waals surface area contributed by atoms with E-state index in [9.17, 15) is 19.2 Å². The van der Waals surface area contributed by atoms with Crippen molar-refractivity contribution < 1.29 is 24.3 Å². The number of hydrogen-bond acceptors (Lipinski definition) is 4. The number of carboxylic acid groups (broad SMARTS) is 1. The Hall–Kier alpha value is -2.90. The van der Waals surface area contributed by atoms with E-state index in [4.69, 9.17) is 5.11 Å². The number of piperidine rings is 1. The molecule has 0 aliphatic carbocycles. The zero-order chi connectivity index (χ0) is 20.8. The quantitative estimate of drug-likeness (QED) is 0.788. The van der Waals surface area contributed by atoms with Crippen molar-refractivity contribution in [2.24, 2.45) is 5.92 Å². The molecule has 1 aliphatic heterocycles. The second-order valence-electron chi connectivity index (χ2n) is 7.05. The highest BCUT2D eigenvalue weighted by molar-refractivity contribution is 6.00. The molecule has 8 nitrogen and oxygen atoms in total. The fourth-order valence-corrected chi connectivity index (χ4v) is 3.12. The number of carbonyl (C=O) groups excluding carboxylic acids is 3. The van der Waals surface area contributed by atoms with E-state index >= 15 is 0 Å². The van der Waals surface area contributed by atoms with Gasteiger partial charge >= 0.3 is 5.97 Å². The van der Waals surface area contributed by atoms with Gasteiger partial charge in [0, 0.05) is 44.9 Å². The maximum atomic E-state index is 12.7. The molecular formula is C20H27N3O5. The Bertz CT molecular complexity index is 756. The lowest BCUT2D eigenvalue weighted by Crippen LogP contribution is -2.45. The molecule has 28 heavy (non-hydrogen) atoms. The molecular weight excluding hydrogens is 362 g/mol. The van der Waals surface area contributed by atoms with Crippen LogP contribution < -0.4 is 0 Å². The maximum Gasteiger partial charge on any atom is 0.306 e. The molecule has 2 rings (SSSR count).